The molecule has 1 aliphatic rings. The molecule has 0 aromatic carbocycles. The zero-order chi connectivity index (χ0) is 10.7. The van der Waals surface area contributed by atoms with Gasteiger partial charge in [-0.15, -0.1) is 0 Å². The number of carbonyl (C=O) groups is 2. The van der Waals surface area contributed by atoms with E-state index in [0.717, 1.165) is 0 Å². The molecule has 0 aromatic heterocycles. The lowest BCUT2D eigenvalue weighted by Gasteiger charge is -2.22. The van der Waals surface area contributed by atoms with Crippen molar-refractivity contribution in [3.8, 4) is 0 Å². The fraction of sp³-hybridized carbons (Fsp3) is 0.778. The zero-order valence-corrected chi connectivity index (χ0v) is 8.14. The van der Waals surface area contributed by atoms with Crippen LogP contribution >= 0.6 is 0 Å². The van der Waals surface area contributed by atoms with E-state index in [1.54, 1.807) is 0 Å². The Hall–Kier alpha value is -1.10. The van der Waals surface area contributed by atoms with Crippen LogP contribution in [0.3, 0.4) is 0 Å². The molecule has 1 rings (SSSR count). The van der Waals surface area contributed by atoms with Crippen LogP contribution in [0.1, 0.15) is 26.2 Å². The summed E-state index contributed by atoms with van der Waals surface area (Å²) in [5.41, 5.74) is 0. The summed E-state index contributed by atoms with van der Waals surface area (Å²) in [7, 11) is 0. The molecule has 5 nitrogen and oxygen atoms in total. The van der Waals surface area contributed by atoms with Crippen LogP contribution in [0.5, 0.6) is 0 Å². The van der Waals surface area contributed by atoms with Crippen LogP contribution in [0.25, 0.3) is 0 Å². The summed E-state index contributed by atoms with van der Waals surface area (Å²) < 4.78 is 0. The van der Waals surface area contributed by atoms with Gasteiger partial charge in [0.25, 0.3) is 0 Å². The molecule has 0 bridgehead atoms. The average molecular weight is 201 g/mol. The van der Waals surface area contributed by atoms with E-state index in [9.17, 15) is 14.7 Å². The first-order valence-corrected chi connectivity index (χ1v) is 4.78. The van der Waals surface area contributed by atoms with Gasteiger partial charge < -0.3 is 15.1 Å². The van der Waals surface area contributed by atoms with E-state index in [2.05, 4.69) is 0 Å². The minimum atomic E-state index is -1.13. The molecule has 2 N–H and O–H groups in total. The summed E-state index contributed by atoms with van der Waals surface area (Å²) >= 11 is 0. The van der Waals surface area contributed by atoms with Crippen molar-refractivity contribution in [2.24, 2.45) is 0 Å². The van der Waals surface area contributed by atoms with Crippen LogP contribution in [-0.4, -0.2) is 45.7 Å². The number of aliphatic carboxylic acids is 1. The second-order valence-corrected chi connectivity index (χ2v) is 3.48. The Morgan fingerprint density at radius 1 is 1.50 bits per heavy atom. The van der Waals surface area contributed by atoms with Crippen molar-refractivity contribution in [3.05, 3.63) is 0 Å². The Morgan fingerprint density at radius 2 is 2.14 bits per heavy atom. The van der Waals surface area contributed by atoms with Gasteiger partial charge in [0.05, 0.1) is 6.10 Å². The number of rotatable bonds is 3. The molecule has 0 spiro atoms. The maximum atomic E-state index is 11.5. The van der Waals surface area contributed by atoms with Crippen LogP contribution in [0.4, 0.5) is 0 Å². The number of nitrogens with zero attached hydrogens (tertiary/aromatic N) is 1. The molecular weight excluding hydrogens is 186 g/mol. The molecule has 2 atom stereocenters. The first-order chi connectivity index (χ1) is 6.57. The van der Waals surface area contributed by atoms with Crippen molar-refractivity contribution in [1.29, 1.82) is 0 Å². The van der Waals surface area contributed by atoms with Crippen molar-refractivity contribution in [2.75, 3.05) is 6.54 Å². The predicted molar refractivity (Wildman–Crippen MR) is 48.7 cm³/mol. The average Bonchev–Trinajstić information content (AvgIpc) is 2.47. The quantitative estimate of drug-likeness (QED) is 0.664. The number of carboxylic acids is 1. The highest BCUT2D eigenvalue weighted by Gasteiger charge is 2.40. The van der Waals surface area contributed by atoms with Gasteiger partial charge in [0, 0.05) is 13.0 Å². The van der Waals surface area contributed by atoms with Crippen LogP contribution in [0.2, 0.25) is 0 Å². The molecule has 80 valence electrons. The molecule has 1 heterocycles. The lowest BCUT2D eigenvalue weighted by Crippen LogP contribution is -2.44. The molecule has 0 unspecified atom stereocenters. The molecule has 0 aliphatic carbocycles. The van der Waals surface area contributed by atoms with E-state index in [0.29, 0.717) is 25.8 Å². The predicted octanol–water partition coefficient (Wildman–Crippen LogP) is -0.167. The second-order valence-electron chi connectivity index (χ2n) is 3.48. The Kier molecular flexibility index (Phi) is 3.46. The summed E-state index contributed by atoms with van der Waals surface area (Å²) in [5.74, 6) is -1.31. The van der Waals surface area contributed by atoms with Gasteiger partial charge in [-0.25, -0.2) is 4.79 Å². The van der Waals surface area contributed by atoms with Gasteiger partial charge in [0.2, 0.25) is 5.91 Å². The normalized spacial score (nSPS) is 26.6. The SMILES string of the molecule is CCCC(=O)N1CC[C@@H](O)[C@H]1C(=O)O. The van der Waals surface area contributed by atoms with E-state index in [4.69, 9.17) is 5.11 Å². The number of aliphatic hydroxyl groups excluding tert-OH is 1. The standard InChI is InChI=1S/C9H15NO4/c1-2-3-7(12)10-5-4-6(11)8(10)9(13)14/h6,8,11H,2-5H2,1H3,(H,13,14)/t6-,8+/m1/s1. The molecule has 0 radical (unpaired) electrons. The van der Waals surface area contributed by atoms with Gasteiger partial charge in [-0.1, -0.05) is 6.92 Å². The third-order valence-corrected chi connectivity index (χ3v) is 2.40. The number of likely N-dealkylation sites (tertiary alicyclic amines) is 1. The van der Waals surface area contributed by atoms with Crippen molar-refractivity contribution in [1.82, 2.24) is 4.90 Å². The third-order valence-electron chi connectivity index (χ3n) is 2.40. The lowest BCUT2D eigenvalue weighted by atomic mass is 10.1. The summed E-state index contributed by atoms with van der Waals surface area (Å²) in [4.78, 5) is 23.5. The minimum Gasteiger partial charge on any atom is -0.480 e. The molecular formula is C9H15NO4. The maximum Gasteiger partial charge on any atom is 0.329 e. The third kappa shape index (κ3) is 2.04. The largest absolute Gasteiger partial charge is 0.480 e. The first kappa shape index (κ1) is 11.0. The molecule has 0 aromatic rings. The summed E-state index contributed by atoms with van der Waals surface area (Å²) in [6.07, 6.45) is 0.467. The van der Waals surface area contributed by atoms with E-state index >= 15 is 0 Å². The molecule has 1 amide bonds. The van der Waals surface area contributed by atoms with Crippen LogP contribution in [0.15, 0.2) is 0 Å². The Labute approximate surface area is 82.3 Å². The van der Waals surface area contributed by atoms with E-state index in [1.165, 1.54) is 4.90 Å². The Morgan fingerprint density at radius 3 is 2.64 bits per heavy atom. The maximum absolute atomic E-state index is 11.5. The van der Waals surface area contributed by atoms with Gasteiger partial charge in [0.15, 0.2) is 6.04 Å². The van der Waals surface area contributed by atoms with Crippen molar-refractivity contribution in [2.45, 2.75) is 38.3 Å². The number of hydrogen-bond donors (Lipinski definition) is 2. The highest BCUT2D eigenvalue weighted by molar-refractivity contribution is 5.84. The minimum absolute atomic E-state index is 0.184. The molecule has 5 heteroatoms. The fourth-order valence-electron chi connectivity index (χ4n) is 1.71. The van der Waals surface area contributed by atoms with Crippen LogP contribution in [-0.2, 0) is 9.59 Å². The number of carbonyl (C=O) groups excluding carboxylic acids is 1. The number of hydrogen-bond acceptors (Lipinski definition) is 3. The van der Waals surface area contributed by atoms with Gasteiger partial charge in [-0.05, 0) is 12.8 Å². The van der Waals surface area contributed by atoms with E-state index in [1.807, 2.05) is 6.92 Å². The van der Waals surface area contributed by atoms with Crippen LogP contribution < -0.4 is 0 Å². The molecule has 0 saturated carbocycles. The van der Waals surface area contributed by atoms with Crippen molar-refractivity contribution in [3.63, 3.8) is 0 Å². The van der Waals surface area contributed by atoms with Crippen molar-refractivity contribution >= 4 is 11.9 Å². The number of aliphatic hydroxyl groups is 1. The summed E-state index contributed by atoms with van der Waals surface area (Å²) in [5, 5.41) is 18.2. The monoisotopic (exact) mass is 201 g/mol. The summed E-state index contributed by atoms with van der Waals surface area (Å²) in [6, 6.07) is -1.05. The molecule has 1 fully saturated rings. The number of carboxylic acid groups (broad SMARTS) is 1. The topological polar surface area (TPSA) is 77.8 Å². The lowest BCUT2D eigenvalue weighted by molar-refractivity contribution is -0.151. The Balaban J connectivity index is 2.69. The zero-order valence-electron chi connectivity index (χ0n) is 8.14. The van der Waals surface area contributed by atoms with Crippen molar-refractivity contribution < 1.29 is 19.8 Å². The van der Waals surface area contributed by atoms with Gasteiger partial charge >= 0.3 is 5.97 Å². The number of amides is 1. The van der Waals surface area contributed by atoms with E-state index < -0.39 is 18.1 Å². The van der Waals surface area contributed by atoms with E-state index in [-0.39, 0.29) is 5.91 Å². The van der Waals surface area contributed by atoms with Gasteiger partial charge in [0.1, 0.15) is 0 Å². The molecule has 1 saturated heterocycles. The second kappa shape index (κ2) is 4.41. The highest BCUT2D eigenvalue weighted by Crippen LogP contribution is 2.19. The molecule has 1 aliphatic heterocycles. The Bertz CT molecular complexity index is 241. The smallest absolute Gasteiger partial charge is 0.329 e. The first-order valence-electron chi connectivity index (χ1n) is 4.78. The highest BCUT2D eigenvalue weighted by atomic mass is 16.4. The fourth-order valence-corrected chi connectivity index (χ4v) is 1.71. The van der Waals surface area contributed by atoms with Gasteiger partial charge in [-0.3, -0.25) is 4.79 Å². The van der Waals surface area contributed by atoms with Crippen LogP contribution in [0, 0.1) is 0 Å². The molecule has 14 heavy (non-hydrogen) atoms. The van der Waals surface area contributed by atoms with Gasteiger partial charge in [-0.2, -0.15) is 0 Å². The summed E-state index contributed by atoms with van der Waals surface area (Å²) in [6.45, 7) is 2.21.